The molecule has 98 valence electrons. The van der Waals surface area contributed by atoms with Crippen LogP contribution in [-0.4, -0.2) is 27.0 Å². The van der Waals surface area contributed by atoms with E-state index in [0.29, 0.717) is 13.0 Å². The average Bonchev–Trinajstić information content (AvgIpc) is 2.54. The molecule has 0 saturated carbocycles. The Morgan fingerprint density at radius 3 is 2.59 bits per heavy atom. The summed E-state index contributed by atoms with van der Waals surface area (Å²) in [5.41, 5.74) is 0. The average molecular weight is 256 g/mol. The first-order valence-electron chi connectivity index (χ1n) is 6.13. The maximum atomic E-state index is 11.2. The number of hydrogen-bond donors (Lipinski definition) is 0. The van der Waals surface area contributed by atoms with E-state index in [9.17, 15) is 4.79 Å². The number of carbonyl (C=O) groups is 1. The van der Waals surface area contributed by atoms with Crippen LogP contribution < -0.4 is 0 Å². The van der Waals surface area contributed by atoms with E-state index < -0.39 is 8.32 Å². The van der Waals surface area contributed by atoms with Gasteiger partial charge in [-0.2, -0.15) is 0 Å². The second-order valence-electron chi connectivity index (χ2n) is 6.20. The van der Waals surface area contributed by atoms with Gasteiger partial charge < -0.3 is 9.16 Å². The highest BCUT2D eigenvalue weighted by atomic mass is 28.4. The van der Waals surface area contributed by atoms with E-state index in [-0.39, 0.29) is 23.0 Å². The van der Waals surface area contributed by atoms with Crippen molar-refractivity contribution < 1.29 is 14.0 Å². The van der Waals surface area contributed by atoms with Crippen LogP contribution in [0.3, 0.4) is 0 Å². The molecule has 3 nitrogen and oxygen atoms in total. The molecular weight excluding hydrogens is 232 g/mol. The molecule has 0 aromatic rings. The molecule has 1 heterocycles. The van der Waals surface area contributed by atoms with Crippen LogP contribution in [0.25, 0.3) is 0 Å². The van der Waals surface area contributed by atoms with Crippen LogP contribution in [0, 0.1) is 5.92 Å². The summed E-state index contributed by atoms with van der Waals surface area (Å²) >= 11 is 0. The molecule has 2 atom stereocenters. The summed E-state index contributed by atoms with van der Waals surface area (Å²) in [7, 11) is -1.76. The monoisotopic (exact) mass is 256 g/mol. The zero-order valence-electron chi connectivity index (χ0n) is 11.6. The Morgan fingerprint density at radius 1 is 1.53 bits per heavy atom. The van der Waals surface area contributed by atoms with E-state index in [1.165, 1.54) is 0 Å². The van der Waals surface area contributed by atoms with E-state index in [4.69, 9.17) is 9.16 Å². The lowest BCUT2D eigenvalue weighted by molar-refractivity contribution is -0.142. The molecule has 0 radical (unpaired) electrons. The topological polar surface area (TPSA) is 35.5 Å². The lowest BCUT2D eigenvalue weighted by atomic mass is 10.0. The molecule has 1 aliphatic heterocycles. The Hall–Kier alpha value is -0.613. The Morgan fingerprint density at radius 2 is 2.12 bits per heavy atom. The van der Waals surface area contributed by atoms with E-state index in [1.54, 1.807) is 6.08 Å². The van der Waals surface area contributed by atoms with Gasteiger partial charge in [-0.25, -0.2) is 0 Å². The Balaban J connectivity index is 2.56. The van der Waals surface area contributed by atoms with Gasteiger partial charge >= 0.3 is 5.97 Å². The molecule has 4 heteroatoms. The van der Waals surface area contributed by atoms with Crippen molar-refractivity contribution in [3.8, 4) is 0 Å². The molecule has 0 spiro atoms. The summed E-state index contributed by atoms with van der Waals surface area (Å²) in [6.07, 6.45) is 2.09. The van der Waals surface area contributed by atoms with Gasteiger partial charge in [-0.15, -0.1) is 6.58 Å². The highest BCUT2D eigenvalue weighted by Crippen LogP contribution is 2.37. The van der Waals surface area contributed by atoms with Gasteiger partial charge in [-0.1, -0.05) is 26.8 Å². The minimum Gasteiger partial charge on any atom is -0.459 e. The van der Waals surface area contributed by atoms with Gasteiger partial charge in [-0.05, 0) is 18.1 Å². The van der Waals surface area contributed by atoms with Gasteiger partial charge in [0.2, 0.25) is 0 Å². The minimum atomic E-state index is -1.76. The standard InChI is InChI=1S/C13H24O3Si/c1-7-10-8-12(14)16-11(10)9-15-17(5,6)13(2,3)4/h7,10-11H,1,8-9H2,2-6H3/t10-,11+/m0/s1. The van der Waals surface area contributed by atoms with Gasteiger partial charge in [0.15, 0.2) is 8.32 Å². The molecule has 0 aromatic carbocycles. The van der Waals surface area contributed by atoms with Crippen molar-refractivity contribution in [2.75, 3.05) is 6.61 Å². The fourth-order valence-electron chi connectivity index (χ4n) is 1.53. The van der Waals surface area contributed by atoms with Gasteiger partial charge in [0.25, 0.3) is 0 Å². The molecular formula is C13H24O3Si. The van der Waals surface area contributed by atoms with Gasteiger partial charge in [-0.3, -0.25) is 4.79 Å². The van der Waals surface area contributed by atoms with E-state index in [1.807, 2.05) is 0 Å². The number of rotatable bonds is 4. The van der Waals surface area contributed by atoms with Crippen LogP contribution in [0.5, 0.6) is 0 Å². The molecule has 0 aromatic heterocycles. The Kier molecular flexibility index (Phi) is 4.20. The summed E-state index contributed by atoms with van der Waals surface area (Å²) in [4.78, 5) is 11.2. The van der Waals surface area contributed by atoms with Crippen LogP contribution in [-0.2, 0) is 14.0 Å². The third kappa shape index (κ3) is 3.42. The zero-order valence-corrected chi connectivity index (χ0v) is 12.6. The molecule has 1 aliphatic rings. The lowest BCUT2D eigenvalue weighted by Crippen LogP contribution is -2.43. The zero-order chi connectivity index (χ0) is 13.3. The van der Waals surface area contributed by atoms with Crippen LogP contribution in [0.4, 0.5) is 0 Å². The second-order valence-corrected chi connectivity index (χ2v) is 11.0. The van der Waals surface area contributed by atoms with Crippen molar-refractivity contribution in [2.45, 2.75) is 51.4 Å². The van der Waals surface area contributed by atoms with Gasteiger partial charge in [0.05, 0.1) is 13.0 Å². The largest absolute Gasteiger partial charge is 0.459 e. The highest BCUT2D eigenvalue weighted by Gasteiger charge is 2.40. The number of carbonyl (C=O) groups excluding carboxylic acids is 1. The first-order chi connectivity index (χ1) is 7.67. The molecule has 0 aliphatic carbocycles. The Bertz CT molecular complexity index is 304. The summed E-state index contributed by atoms with van der Waals surface area (Å²) < 4.78 is 11.3. The van der Waals surface area contributed by atoms with Crippen molar-refractivity contribution in [3.63, 3.8) is 0 Å². The SMILES string of the molecule is C=C[C@H]1CC(=O)O[C@@H]1CO[Si](C)(C)C(C)(C)C. The first kappa shape index (κ1) is 14.4. The maximum absolute atomic E-state index is 11.2. The highest BCUT2D eigenvalue weighted by molar-refractivity contribution is 6.74. The molecule has 0 amide bonds. The van der Waals surface area contributed by atoms with Crippen molar-refractivity contribution >= 4 is 14.3 Å². The third-order valence-electron chi connectivity index (χ3n) is 3.88. The van der Waals surface area contributed by atoms with Crippen molar-refractivity contribution in [2.24, 2.45) is 5.92 Å². The molecule has 0 N–H and O–H groups in total. The molecule has 1 saturated heterocycles. The van der Waals surface area contributed by atoms with Crippen LogP contribution in [0.15, 0.2) is 12.7 Å². The van der Waals surface area contributed by atoms with Crippen LogP contribution >= 0.6 is 0 Å². The number of esters is 1. The normalized spacial score (nSPS) is 25.8. The van der Waals surface area contributed by atoms with Crippen LogP contribution in [0.2, 0.25) is 18.1 Å². The quantitative estimate of drug-likeness (QED) is 0.440. The fraction of sp³-hybridized carbons (Fsp3) is 0.769. The van der Waals surface area contributed by atoms with E-state index in [0.717, 1.165) is 0 Å². The molecule has 0 unspecified atom stereocenters. The minimum absolute atomic E-state index is 0.104. The predicted molar refractivity (Wildman–Crippen MR) is 71.3 cm³/mol. The fourth-order valence-corrected chi connectivity index (χ4v) is 2.54. The van der Waals surface area contributed by atoms with Crippen LogP contribution in [0.1, 0.15) is 27.2 Å². The lowest BCUT2D eigenvalue weighted by Gasteiger charge is -2.37. The summed E-state index contributed by atoms with van der Waals surface area (Å²) in [5, 5.41) is 0.180. The van der Waals surface area contributed by atoms with Gasteiger partial charge in [0.1, 0.15) is 6.10 Å². The summed E-state index contributed by atoms with van der Waals surface area (Å²) in [6.45, 7) is 15.2. The van der Waals surface area contributed by atoms with Crippen molar-refractivity contribution in [3.05, 3.63) is 12.7 Å². The summed E-state index contributed by atoms with van der Waals surface area (Å²) in [5.74, 6) is -0.0361. The number of hydrogen-bond acceptors (Lipinski definition) is 3. The molecule has 1 rings (SSSR count). The van der Waals surface area contributed by atoms with Crippen molar-refractivity contribution in [1.82, 2.24) is 0 Å². The Labute approximate surface area is 105 Å². The molecule has 17 heavy (non-hydrogen) atoms. The number of ether oxygens (including phenoxy) is 1. The predicted octanol–water partition coefficient (Wildman–Crippen LogP) is 3.13. The smallest absolute Gasteiger partial charge is 0.306 e. The number of cyclic esters (lactones) is 1. The third-order valence-corrected chi connectivity index (χ3v) is 8.38. The van der Waals surface area contributed by atoms with E-state index in [2.05, 4.69) is 40.4 Å². The van der Waals surface area contributed by atoms with E-state index >= 15 is 0 Å². The maximum Gasteiger partial charge on any atom is 0.306 e. The molecule has 1 fully saturated rings. The van der Waals surface area contributed by atoms with Crippen molar-refractivity contribution in [1.29, 1.82) is 0 Å². The van der Waals surface area contributed by atoms with Gasteiger partial charge in [0, 0.05) is 5.92 Å². The second kappa shape index (κ2) is 4.94. The first-order valence-corrected chi connectivity index (χ1v) is 9.04. The molecule has 0 bridgehead atoms. The summed E-state index contributed by atoms with van der Waals surface area (Å²) in [6, 6.07) is 0.